The quantitative estimate of drug-likeness (QED) is 0.904. The average molecular weight is 257 g/mol. The van der Waals surface area contributed by atoms with Crippen LogP contribution in [0.4, 0.5) is 5.69 Å². The molecular formula is C15H19N3O. The Morgan fingerprint density at radius 3 is 2.79 bits per heavy atom. The summed E-state index contributed by atoms with van der Waals surface area (Å²) >= 11 is 0. The Hall–Kier alpha value is -2.02. The number of anilines is 1. The van der Waals surface area contributed by atoms with E-state index in [0.29, 0.717) is 5.56 Å². The van der Waals surface area contributed by atoms with Crippen molar-refractivity contribution in [1.82, 2.24) is 4.90 Å². The minimum atomic E-state index is 0.115. The minimum Gasteiger partial charge on any atom is -0.375 e. The largest absolute Gasteiger partial charge is 0.375 e. The highest BCUT2D eigenvalue weighted by molar-refractivity contribution is 5.81. The second-order valence-corrected chi connectivity index (χ2v) is 4.96. The highest BCUT2D eigenvalue weighted by Crippen LogP contribution is 2.16. The molecule has 1 aromatic rings. The lowest BCUT2D eigenvalue weighted by Gasteiger charge is -2.27. The number of nitriles is 1. The van der Waals surface area contributed by atoms with E-state index >= 15 is 0 Å². The number of carbonyl (C=O) groups excluding carboxylic acids is 1. The molecule has 0 radical (unpaired) electrons. The van der Waals surface area contributed by atoms with Crippen molar-refractivity contribution < 1.29 is 4.79 Å². The van der Waals surface area contributed by atoms with E-state index in [-0.39, 0.29) is 12.5 Å². The number of hydrogen-bond acceptors (Lipinski definition) is 3. The molecular weight excluding hydrogens is 238 g/mol. The first-order chi connectivity index (χ1) is 9.20. The van der Waals surface area contributed by atoms with Gasteiger partial charge in [-0.15, -0.1) is 0 Å². The fourth-order valence-corrected chi connectivity index (χ4v) is 2.33. The summed E-state index contributed by atoms with van der Waals surface area (Å²) in [5, 5.41) is 12.1. The number of carbonyl (C=O) groups is 1. The topological polar surface area (TPSA) is 56.1 Å². The van der Waals surface area contributed by atoms with Gasteiger partial charge >= 0.3 is 0 Å². The van der Waals surface area contributed by atoms with Crippen molar-refractivity contribution in [3.8, 4) is 6.07 Å². The molecule has 1 N–H and O–H groups in total. The molecule has 100 valence electrons. The minimum absolute atomic E-state index is 0.115. The third-order valence-electron chi connectivity index (χ3n) is 3.43. The number of rotatable bonds is 3. The Kier molecular flexibility index (Phi) is 4.40. The van der Waals surface area contributed by atoms with Gasteiger partial charge in [0.2, 0.25) is 5.91 Å². The Labute approximate surface area is 114 Å². The number of hydrogen-bond donors (Lipinski definition) is 1. The lowest BCUT2D eigenvalue weighted by Crippen LogP contribution is -2.39. The van der Waals surface area contributed by atoms with Gasteiger partial charge in [0.1, 0.15) is 6.07 Å². The zero-order chi connectivity index (χ0) is 13.7. The van der Waals surface area contributed by atoms with Crippen molar-refractivity contribution in [2.75, 3.05) is 25.0 Å². The molecule has 0 saturated carbocycles. The first-order valence-electron chi connectivity index (χ1n) is 6.73. The fraction of sp³-hybridized carbons (Fsp3) is 0.467. The van der Waals surface area contributed by atoms with Gasteiger partial charge < -0.3 is 10.2 Å². The Morgan fingerprint density at radius 2 is 2.11 bits per heavy atom. The summed E-state index contributed by atoms with van der Waals surface area (Å²) in [6, 6.07) is 7.78. The molecule has 2 rings (SSSR count). The lowest BCUT2D eigenvalue weighted by molar-refractivity contribution is -0.130. The van der Waals surface area contributed by atoms with Crippen LogP contribution in [0.1, 0.15) is 30.4 Å². The Morgan fingerprint density at radius 1 is 1.37 bits per heavy atom. The summed E-state index contributed by atoms with van der Waals surface area (Å²) in [5.74, 6) is 0.115. The maximum absolute atomic E-state index is 12.0. The monoisotopic (exact) mass is 257 g/mol. The predicted molar refractivity (Wildman–Crippen MR) is 74.8 cm³/mol. The summed E-state index contributed by atoms with van der Waals surface area (Å²) in [5.41, 5.74) is 2.37. The van der Waals surface area contributed by atoms with E-state index in [9.17, 15) is 4.79 Å². The third-order valence-corrected chi connectivity index (χ3v) is 3.43. The predicted octanol–water partition coefficient (Wildman–Crippen LogP) is 2.29. The molecule has 19 heavy (non-hydrogen) atoms. The Bertz CT molecular complexity index is 499. The molecule has 1 amide bonds. The summed E-state index contributed by atoms with van der Waals surface area (Å²) in [6.45, 7) is 3.93. The summed E-state index contributed by atoms with van der Waals surface area (Å²) in [6.07, 6.45) is 3.41. The van der Waals surface area contributed by atoms with Gasteiger partial charge in [0.25, 0.3) is 0 Å². The van der Waals surface area contributed by atoms with E-state index in [1.165, 1.54) is 6.42 Å². The zero-order valence-electron chi connectivity index (χ0n) is 11.3. The second-order valence-electron chi connectivity index (χ2n) is 4.96. The molecule has 0 aliphatic carbocycles. The van der Waals surface area contributed by atoms with Crippen LogP contribution in [0.15, 0.2) is 18.2 Å². The highest BCUT2D eigenvalue weighted by Gasteiger charge is 2.16. The SMILES string of the molecule is Cc1ccc(NCC(=O)N2CCCCC2)c(C#N)c1. The lowest BCUT2D eigenvalue weighted by atomic mass is 10.1. The van der Waals surface area contributed by atoms with Crippen molar-refractivity contribution in [2.24, 2.45) is 0 Å². The fourth-order valence-electron chi connectivity index (χ4n) is 2.33. The smallest absolute Gasteiger partial charge is 0.241 e. The number of nitrogens with one attached hydrogen (secondary N) is 1. The first-order valence-corrected chi connectivity index (χ1v) is 6.73. The second kappa shape index (κ2) is 6.24. The maximum atomic E-state index is 12.0. The van der Waals surface area contributed by atoms with E-state index in [1.54, 1.807) is 0 Å². The molecule has 4 nitrogen and oxygen atoms in total. The molecule has 1 heterocycles. The molecule has 1 aromatic carbocycles. The van der Waals surface area contributed by atoms with Crippen LogP contribution >= 0.6 is 0 Å². The van der Waals surface area contributed by atoms with Gasteiger partial charge in [0, 0.05) is 13.1 Å². The van der Waals surface area contributed by atoms with Gasteiger partial charge in [-0.2, -0.15) is 5.26 Å². The van der Waals surface area contributed by atoms with Crippen molar-refractivity contribution >= 4 is 11.6 Å². The molecule has 0 aromatic heterocycles. The van der Waals surface area contributed by atoms with E-state index in [4.69, 9.17) is 5.26 Å². The number of piperidine rings is 1. The molecule has 1 saturated heterocycles. The summed E-state index contributed by atoms with van der Waals surface area (Å²) < 4.78 is 0. The normalized spacial score (nSPS) is 14.8. The summed E-state index contributed by atoms with van der Waals surface area (Å²) in [7, 11) is 0. The first kappa shape index (κ1) is 13.4. The molecule has 0 bridgehead atoms. The van der Waals surface area contributed by atoms with E-state index in [0.717, 1.165) is 37.2 Å². The standard InChI is InChI=1S/C15H19N3O/c1-12-5-6-14(13(9-12)10-16)17-11-15(19)18-7-3-2-4-8-18/h5-6,9,17H,2-4,7-8,11H2,1H3. The van der Waals surface area contributed by atoms with E-state index in [2.05, 4.69) is 11.4 Å². The van der Waals surface area contributed by atoms with Crippen LogP contribution in [0.3, 0.4) is 0 Å². The number of amides is 1. The number of likely N-dealkylation sites (tertiary alicyclic amines) is 1. The molecule has 0 atom stereocenters. The van der Waals surface area contributed by atoms with Crippen molar-refractivity contribution in [3.05, 3.63) is 29.3 Å². The molecule has 0 unspecified atom stereocenters. The molecule has 1 aliphatic rings. The van der Waals surface area contributed by atoms with E-state index in [1.807, 2.05) is 30.0 Å². The van der Waals surface area contributed by atoms with Gasteiger partial charge in [0.05, 0.1) is 17.8 Å². The average Bonchev–Trinajstić information content (AvgIpc) is 2.46. The van der Waals surface area contributed by atoms with Gasteiger partial charge in [-0.3, -0.25) is 4.79 Å². The number of nitrogens with zero attached hydrogens (tertiary/aromatic N) is 2. The Balaban J connectivity index is 1.95. The third kappa shape index (κ3) is 3.47. The van der Waals surface area contributed by atoms with Crippen LogP contribution in [0.25, 0.3) is 0 Å². The van der Waals surface area contributed by atoms with Gasteiger partial charge in [-0.05, 0) is 43.9 Å². The van der Waals surface area contributed by atoms with Crippen molar-refractivity contribution in [2.45, 2.75) is 26.2 Å². The van der Waals surface area contributed by atoms with E-state index < -0.39 is 0 Å². The van der Waals surface area contributed by atoms with Crippen molar-refractivity contribution in [1.29, 1.82) is 5.26 Å². The molecule has 1 aliphatic heterocycles. The zero-order valence-corrected chi connectivity index (χ0v) is 11.3. The number of aryl methyl sites for hydroxylation is 1. The number of benzene rings is 1. The molecule has 1 fully saturated rings. The van der Waals surface area contributed by atoms with Gasteiger partial charge in [-0.25, -0.2) is 0 Å². The van der Waals surface area contributed by atoms with Crippen LogP contribution in [0.2, 0.25) is 0 Å². The van der Waals surface area contributed by atoms with Crippen molar-refractivity contribution in [3.63, 3.8) is 0 Å². The molecule has 4 heteroatoms. The van der Waals surface area contributed by atoms with Crippen LogP contribution in [0, 0.1) is 18.3 Å². The van der Waals surface area contributed by atoms with Gasteiger partial charge in [0.15, 0.2) is 0 Å². The van der Waals surface area contributed by atoms with Crippen LogP contribution < -0.4 is 5.32 Å². The highest BCUT2D eigenvalue weighted by atomic mass is 16.2. The van der Waals surface area contributed by atoms with Crippen LogP contribution in [0.5, 0.6) is 0 Å². The van der Waals surface area contributed by atoms with Gasteiger partial charge in [-0.1, -0.05) is 6.07 Å². The van der Waals surface area contributed by atoms with Crippen LogP contribution in [-0.2, 0) is 4.79 Å². The maximum Gasteiger partial charge on any atom is 0.241 e. The van der Waals surface area contributed by atoms with Crippen LogP contribution in [-0.4, -0.2) is 30.4 Å². The molecule has 0 spiro atoms. The summed E-state index contributed by atoms with van der Waals surface area (Å²) in [4.78, 5) is 13.9.